The molecule has 2 aliphatic rings. The zero-order valence-corrected chi connectivity index (χ0v) is 13.8. The molecule has 2 saturated carbocycles. The van der Waals surface area contributed by atoms with Gasteiger partial charge in [-0.1, -0.05) is 26.7 Å². The van der Waals surface area contributed by atoms with Gasteiger partial charge in [0.05, 0.1) is 11.8 Å². The Morgan fingerprint density at radius 2 is 1.52 bits per heavy atom. The molecule has 0 aromatic rings. The molecule has 0 spiro atoms. The van der Waals surface area contributed by atoms with E-state index in [4.69, 9.17) is 4.74 Å². The van der Waals surface area contributed by atoms with Crippen molar-refractivity contribution in [3.05, 3.63) is 0 Å². The fourth-order valence-corrected chi connectivity index (χ4v) is 4.90. The third-order valence-corrected chi connectivity index (χ3v) is 5.41. The van der Waals surface area contributed by atoms with E-state index >= 15 is 0 Å². The molecule has 21 heavy (non-hydrogen) atoms. The largest absolute Gasteiger partial charge is 0.481 e. The van der Waals surface area contributed by atoms with Crippen LogP contribution in [0.1, 0.15) is 53.9 Å². The second-order valence-corrected chi connectivity index (χ2v) is 7.63. The molecule has 4 nitrogen and oxygen atoms in total. The normalized spacial score (nSPS) is 38.5. The molecule has 2 rings (SSSR count). The van der Waals surface area contributed by atoms with Crippen LogP contribution in [-0.4, -0.2) is 22.6 Å². The van der Waals surface area contributed by atoms with Crippen molar-refractivity contribution in [1.29, 1.82) is 0 Å². The molecular weight excluding hydrogens is 268 g/mol. The molecule has 1 N–H and O–H groups in total. The molecule has 0 aromatic carbocycles. The fraction of sp³-hybridized carbons (Fsp3) is 0.882. The zero-order valence-electron chi connectivity index (χ0n) is 13.8. The Morgan fingerprint density at radius 3 is 1.90 bits per heavy atom. The van der Waals surface area contributed by atoms with E-state index in [1.807, 2.05) is 20.8 Å². The van der Waals surface area contributed by atoms with Gasteiger partial charge < -0.3 is 9.84 Å². The Labute approximate surface area is 127 Å². The lowest BCUT2D eigenvalue weighted by molar-refractivity contribution is -0.171. The maximum absolute atomic E-state index is 12.5. The number of hydrogen-bond donors (Lipinski definition) is 1. The van der Waals surface area contributed by atoms with Crippen LogP contribution in [0.15, 0.2) is 0 Å². The Bertz CT molecular complexity index is 423. The van der Waals surface area contributed by atoms with E-state index in [0.29, 0.717) is 11.8 Å². The minimum Gasteiger partial charge on any atom is -0.481 e. The van der Waals surface area contributed by atoms with Crippen molar-refractivity contribution in [1.82, 2.24) is 0 Å². The number of fused-ring (bicyclic) bond motifs is 2. The second kappa shape index (κ2) is 5.62. The van der Waals surface area contributed by atoms with Crippen molar-refractivity contribution in [2.45, 2.75) is 59.5 Å². The maximum Gasteiger partial charge on any atom is 0.310 e. The molecule has 2 fully saturated rings. The van der Waals surface area contributed by atoms with Gasteiger partial charge in [-0.05, 0) is 50.9 Å². The Hall–Kier alpha value is -1.06. The Kier molecular flexibility index (Phi) is 4.36. The lowest BCUT2D eigenvalue weighted by Gasteiger charge is -2.38. The van der Waals surface area contributed by atoms with Gasteiger partial charge in [0, 0.05) is 0 Å². The van der Waals surface area contributed by atoms with E-state index in [1.54, 1.807) is 0 Å². The highest BCUT2D eigenvalue weighted by molar-refractivity contribution is 5.83. The number of carboxylic acids is 1. The zero-order chi connectivity index (χ0) is 15.9. The summed E-state index contributed by atoms with van der Waals surface area (Å²) in [5.41, 5.74) is -0.562. The molecule has 6 unspecified atom stereocenters. The molecule has 0 saturated heterocycles. The van der Waals surface area contributed by atoms with Gasteiger partial charge >= 0.3 is 11.9 Å². The Morgan fingerprint density at radius 1 is 1.05 bits per heavy atom. The number of ether oxygens (including phenoxy) is 1. The van der Waals surface area contributed by atoms with Crippen LogP contribution in [-0.2, 0) is 14.3 Å². The average Bonchev–Trinajstić information content (AvgIpc) is 2.89. The second-order valence-electron chi connectivity index (χ2n) is 7.63. The fourth-order valence-electron chi connectivity index (χ4n) is 4.90. The van der Waals surface area contributed by atoms with Gasteiger partial charge in [0.25, 0.3) is 0 Å². The van der Waals surface area contributed by atoms with Crippen LogP contribution in [0.4, 0.5) is 0 Å². The summed E-state index contributed by atoms with van der Waals surface area (Å²) in [4.78, 5) is 24.3. The van der Waals surface area contributed by atoms with Gasteiger partial charge in [-0.15, -0.1) is 0 Å². The first-order valence-electron chi connectivity index (χ1n) is 8.16. The minimum atomic E-state index is -0.827. The van der Waals surface area contributed by atoms with Crippen LogP contribution in [0.5, 0.6) is 0 Å². The first kappa shape index (κ1) is 16.3. The number of aliphatic carboxylic acids is 1. The van der Waals surface area contributed by atoms with Crippen LogP contribution in [0.25, 0.3) is 0 Å². The molecule has 6 atom stereocenters. The number of carboxylic acid groups (broad SMARTS) is 1. The van der Waals surface area contributed by atoms with Crippen molar-refractivity contribution in [3.8, 4) is 0 Å². The number of rotatable bonds is 4. The molecule has 0 heterocycles. The highest BCUT2D eigenvalue weighted by Gasteiger charge is 2.62. The topological polar surface area (TPSA) is 63.6 Å². The predicted octanol–water partition coefficient (Wildman–Crippen LogP) is 3.35. The smallest absolute Gasteiger partial charge is 0.310 e. The summed E-state index contributed by atoms with van der Waals surface area (Å²) in [5.74, 6) is -0.924. The van der Waals surface area contributed by atoms with Crippen molar-refractivity contribution in [3.63, 3.8) is 0 Å². The quantitative estimate of drug-likeness (QED) is 0.808. The van der Waals surface area contributed by atoms with Crippen LogP contribution in [0, 0.1) is 35.5 Å². The molecule has 120 valence electrons. The molecule has 0 amide bonds. The predicted molar refractivity (Wildman–Crippen MR) is 79.6 cm³/mol. The molecule has 0 aromatic heterocycles. The summed E-state index contributed by atoms with van der Waals surface area (Å²) in [6.07, 6.45) is 2.90. The number of esters is 1. The molecule has 4 heteroatoms. The summed E-state index contributed by atoms with van der Waals surface area (Å²) >= 11 is 0. The van der Waals surface area contributed by atoms with Gasteiger partial charge in [0.2, 0.25) is 0 Å². The standard InChI is InChI=1S/C17H28O4/c1-6-9-10(7-2)12-8-11(9)13(15(18)19)14(12)16(20)21-17(3,4)5/h9-14H,6-8H2,1-5H3,(H,18,19). The van der Waals surface area contributed by atoms with Crippen molar-refractivity contribution in [2.24, 2.45) is 35.5 Å². The first-order chi connectivity index (χ1) is 9.71. The van der Waals surface area contributed by atoms with Crippen LogP contribution >= 0.6 is 0 Å². The van der Waals surface area contributed by atoms with Gasteiger partial charge in [0.15, 0.2) is 0 Å². The minimum absolute atomic E-state index is 0.139. The highest BCUT2D eigenvalue weighted by atomic mass is 16.6. The summed E-state index contributed by atoms with van der Waals surface area (Å²) in [5, 5.41) is 9.62. The summed E-state index contributed by atoms with van der Waals surface area (Å²) < 4.78 is 5.51. The van der Waals surface area contributed by atoms with Crippen molar-refractivity contribution >= 4 is 11.9 Å². The molecule has 0 radical (unpaired) electrons. The van der Waals surface area contributed by atoms with Gasteiger partial charge in [-0.2, -0.15) is 0 Å². The highest BCUT2D eigenvalue weighted by Crippen LogP contribution is 2.60. The van der Waals surface area contributed by atoms with E-state index in [1.165, 1.54) is 0 Å². The maximum atomic E-state index is 12.5. The van der Waals surface area contributed by atoms with Crippen LogP contribution in [0.2, 0.25) is 0 Å². The van der Waals surface area contributed by atoms with E-state index in [0.717, 1.165) is 19.3 Å². The van der Waals surface area contributed by atoms with E-state index in [9.17, 15) is 14.7 Å². The number of carbonyl (C=O) groups is 2. The lowest BCUT2D eigenvalue weighted by atomic mass is 9.66. The molecule has 0 aliphatic heterocycles. The summed E-state index contributed by atoms with van der Waals surface area (Å²) in [7, 11) is 0. The van der Waals surface area contributed by atoms with E-state index < -0.39 is 23.4 Å². The molecule has 2 aliphatic carbocycles. The third-order valence-electron chi connectivity index (χ3n) is 5.41. The first-order valence-corrected chi connectivity index (χ1v) is 8.16. The average molecular weight is 296 g/mol. The third kappa shape index (κ3) is 2.82. The number of hydrogen-bond acceptors (Lipinski definition) is 3. The Balaban J connectivity index is 2.28. The van der Waals surface area contributed by atoms with Gasteiger partial charge in [-0.3, -0.25) is 9.59 Å². The van der Waals surface area contributed by atoms with E-state index in [-0.39, 0.29) is 17.8 Å². The van der Waals surface area contributed by atoms with Gasteiger partial charge in [0.1, 0.15) is 5.60 Å². The van der Waals surface area contributed by atoms with Crippen molar-refractivity contribution in [2.75, 3.05) is 0 Å². The SMILES string of the molecule is CCC1C(CC)C2CC1C(C(=O)O)C2C(=O)OC(C)(C)C. The van der Waals surface area contributed by atoms with Crippen molar-refractivity contribution < 1.29 is 19.4 Å². The number of carbonyl (C=O) groups excluding carboxylic acids is 1. The van der Waals surface area contributed by atoms with Crippen LogP contribution in [0.3, 0.4) is 0 Å². The van der Waals surface area contributed by atoms with Gasteiger partial charge in [-0.25, -0.2) is 0 Å². The van der Waals surface area contributed by atoms with E-state index in [2.05, 4.69) is 13.8 Å². The summed E-state index contributed by atoms with van der Waals surface area (Å²) in [6, 6.07) is 0. The van der Waals surface area contributed by atoms with Crippen LogP contribution < -0.4 is 0 Å². The lowest BCUT2D eigenvalue weighted by Crippen LogP contribution is -2.44. The monoisotopic (exact) mass is 296 g/mol. The molecule has 2 bridgehead atoms. The molecular formula is C17H28O4. The summed E-state index contributed by atoms with van der Waals surface area (Å²) in [6.45, 7) is 9.78.